The molecule has 1 unspecified atom stereocenters. The Morgan fingerprint density at radius 1 is 1.09 bits per heavy atom. The Labute approximate surface area is 196 Å². The number of para-hydroxylation sites is 1. The summed E-state index contributed by atoms with van der Waals surface area (Å²) in [6.07, 6.45) is 1.10. The summed E-state index contributed by atoms with van der Waals surface area (Å²) in [4.78, 5) is 31.0. The average molecular weight is 454 g/mol. The van der Waals surface area contributed by atoms with Gasteiger partial charge in [0.2, 0.25) is 0 Å². The number of fused-ring (bicyclic) bond motifs is 1. The molecule has 33 heavy (non-hydrogen) atoms. The van der Waals surface area contributed by atoms with Gasteiger partial charge in [-0.2, -0.15) is 0 Å². The van der Waals surface area contributed by atoms with Gasteiger partial charge in [0.1, 0.15) is 12.4 Å². The van der Waals surface area contributed by atoms with E-state index in [1.807, 2.05) is 69.4 Å². The maximum absolute atomic E-state index is 12.8. The van der Waals surface area contributed by atoms with Crippen LogP contribution in [0.15, 0.2) is 48.5 Å². The van der Waals surface area contributed by atoms with E-state index in [-0.39, 0.29) is 11.8 Å². The van der Waals surface area contributed by atoms with Crippen molar-refractivity contribution in [1.29, 1.82) is 0 Å². The van der Waals surface area contributed by atoms with Crippen molar-refractivity contribution in [2.45, 2.75) is 32.3 Å². The maximum atomic E-state index is 12.8. The molecule has 1 aliphatic rings. The average Bonchev–Trinajstić information content (AvgIpc) is 2.82. The largest absolute Gasteiger partial charge is 0.492 e. The molecule has 0 N–H and O–H groups in total. The third-order valence-corrected chi connectivity index (χ3v) is 6.05. The predicted molar refractivity (Wildman–Crippen MR) is 130 cm³/mol. The molecule has 2 amide bonds. The van der Waals surface area contributed by atoms with E-state index < -0.39 is 5.60 Å². The highest BCUT2D eigenvalue weighted by atomic mass is 16.5. The SMILES string of the molecule is CCOC(CC)(Cc1ccc(OCCN2CN(C)c3ccccc3C2=O)cc1)C(=O)N(C)C. The number of carbonyl (C=O) groups is 2. The van der Waals surface area contributed by atoms with Gasteiger partial charge in [0, 0.05) is 34.2 Å². The lowest BCUT2D eigenvalue weighted by molar-refractivity contribution is -0.156. The fourth-order valence-electron chi connectivity index (χ4n) is 4.28. The van der Waals surface area contributed by atoms with E-state index >= 15 is 0 Å². The van der Waals surface area contributed by atoms with E-state index in [9.17, 15) is 9.59 Å². The molecule has 0 spiro atoms. The van der Waals surface area contributed by atoms with Crippen LogP contribution in [0.5, 0.6) is 5.75 Å². The van der Waals surface area contributed by atoms with Crippen molar-refractivity contribution >= 4 is 17.5 Å². The van der Waals surface area contributed by atoms with Crippen LogP contribution >= 0.6 is 0 Å². The molecule has 0 saturated heterocycles. The lowest BCUT2D eigenvalue weighted by Crippen LogP contribution is -2.49. The van der Waals surface area contributed by atoms with Crippen molar-refractivity contribution in [2.75, 3.05) is 52.5 Å². The van der Waals surface area contributed by atoms with Gasteiger partial charge < -0.3 is 24.2 Å². The zero-order chi connectivity index (χ0) is 24.0. The first-order valence-electron chi connectivity index (χ1n) is 11.5. The van der Waals surface area contributed by atoms with Crippen molar-refractivity contribution < 1.29 is 19.1 Å². The summed E-state index contributed by atoms with van der Waals surface area (Å²) in [7, 11) is 5.50. The normalized spacial score (nSPS) is 15.1. The van der Waals surface area contributed by atoms with E-state index in [0.29, 0.717) is 39.3 Å². The second kappa shape index (κ2) is 10.7. The molecule has 0 saturated carbocycles. The third-order valence-electron chi connectivity index (χ3n) is 6.05. The highest BCUT2D eigenvalue weighted by molar-refractivity contribution is 6.01. The number of amides is 2. The van der Waals surface area contributed by atoms with Crippen LogP contribution in [0.1, 0.15) is 36.2 Å². The van der Waals surface area contributed by atoms with E-state index in [1.54, 1.807) is 23.9 Å². The number of likely N-dealkylation sites (N-methyl/N-ethyl adjacent to an activating group) is 1. The van der Waals surface area contributed by atoms with Crippen molar-refractivity contribution in [3.05, 3.63) is 59.7 Å². The molecule has 1 atom stereocenters. The Kier molecular flexibility index (Phi) is 7.97. The lowest BCUT2D eigenvalue weighted by Gasteiger charge is -2.35. The van der Waals surface area contributed by atoms with Crippen LogP contribution in [-0.4, -0.2) is 74.8 Å². The molecule has 0 fully saturated rings. The van der Waals surface area contributed by atoms with Crippen LogP contribution in [0.2, 0.25) is 0 Å². The molecule has 1 aliphatic heterocycles. The zero-order valence-electron chi connectivity index (χ0n) is 20.3. The maximum Gasteiger partial charge on any atom is 0.257 e. The molecular formula is C26H35N3O4. The number of carbonyl (C=O) groups excluding carboxylic acids is 2. The predicted octanol–water partition coefficient (Wildman–Crippen LogP) is 3.43. The topological polar surface area (TPSA) is 62.3 Å². The summed E-state index contributed by atoms with van der Waals surface area (Å²) >= 11 is 0. The highest BCUT2D eigenvalue weighted by Crippen LogP contribution is 2.27. The molecule has 2 aromatic rings. The summed E-state index contributed by atoms with van der Waals surface area (Å²) in [6, 6.07) is 15.4. The Morgan fingerprint density at radius 2 is 1.79 bits per heavy atom. The Bertz CT molecular complexity index is 960. The van der Waals surface area contributed by atoms with Gasteiger partial charge in [-0.05, 0) is 43.2 Å². The summed E-state index contributed by atoms with van der Waals surface area (Å²) in [5, 5.41) is 0. The minimum atomic E-state index is -0.864. The number of hydrogen-bond donors (Lipinski definition) is 0. The molecule has 0 bridgehead atoms. The van der Waals surface area contributed by atoms with Gasteiger partial charge in [-0.3, -0.25) is 9.59 Å². The number of nitrogens with zero attached hydrogens (tertiary/aromatic N) is 3. The van der Waals surface area contributed by atoms with Gasteiger partial charge in [-0.15, -0.1) is 0 Å². The molecule has 0 aromatic heterocycles. The molecular weight excluding hydrogens is 418 g/mol. The summed E-state index contributed by atoms with van der Waals surface area (Å²) in [6.45, 7) is 5.80. The fourth-order valence-corrected chi connectivity index (χ4v) is 4.28. The van der Waals surface area contributed by atoms with Crippen molar-refractivity contribution in [1.82, 2.24) is 9.80 Å². The van der Waals surface area contributed by atoms with Crippen LogP contribution in [0.25, 0.3) is 0 Å². The molecule has 1 heterocycles. The molecule has 7 heteroatoms. The van der Waals surface area contributed by atoms with Crippen LogP contribution < -0.4 is 9.64 Å². The number of ether oxygens (including phenoxy) is 2. The summed E-state index contributed by atoms with van der Waals surface area (Å²) < 4.78 is 11.9. The first-order valence-corrected chi connectivity index (χ1v) is 11.5. The monoisotopic (exact) mass is 453 g/mol. The minimum absolute atomic E-state index is 0.0232. The molecule has 3 rings (SSSR count). The van der Waals surface area contributed by atoms with Gasteiger partial charge in [0.15, 0.2) is 5.60 Å². The summed E-state index contributed by atoms with van der Waals surface area (Å²) in [5.41, 5.74) is 1.82. The van der Waals surface area contributed by atoms with Crippen LogP contribution in [0.3, 0.4) is 0 Å². The number of benzene rings is 2. The van der Waals surface area contributed by atoms with E-state index in [2.05, 4.69) is 4.90 Å². The number of rotatable bonds is 10. The third kappa shape index (κ3) is 5.47. The first kappa shape index (κ1) is 24.6. The number of hydrogen-bond acceptors (Lipinski definition) is 5. The molecule has 2 aromatic carbocycles. The number of anilines is 1. The lowest BCUT2D eigenvalue weighted by atomic mass is 9.90. The first-order chi connectivity index (χ1) is 15.8. The van der Waals surface area contributed by atoms with Gasteiger partial charge in [0.25, 0.3) is 11.8 Å². The van der Waals surface area contributed by atoms with Crippen LogP contribution in [0, 0.1) is 0 Å². The second-order valence-electron chi connectivity index (χ2n) is 8.57. The Morgan fingerprint density at radius 3 is 2.42 bits per heavy atom. The van der Waals surface area contributed by atoms with Crippen molar-refractivity contribution in [3.8, 4) is 5.75 Å². The van der Waals surface area contributed by atoms with E-state index in [1.165, 1.54) is 0 Å². The highest BCUT2D eigenvalue weighted by Gasteiger charge is 2.38. The van der Waals surface area contributed by atoms with Crippen molar-refractivity contribution in [2.24, 2.45) is 0 Å². The summed E-state index contributed by atoms with van der Waals surface area (Å²) in [5.74, 6) is 0.736. The van der Waals surface area contributed by atoms with E-state index in [0.717, 1.165) is 22.6 Å². The molecule has 0 radical (unpaired) electrons. The van der Waals surface area contributed by atoms with Crippen molar-refractivity contribution in [3.63, 3.8) is 0 Å². The van der Waals surface area contributed by atoms with Gasteiger partial charge in [-0.25, -0.2) is 0 Å². The fraction of sp³-hybridized carbons (Fsp3) is 0.462. The van der Waals surface area contributed by atoms with Gasteiger partial charge in [0.05, 0.1) is 24.5 Å². The van der Waals surface area contributed by atoms with Crippen LogP contribution in [-0.2, 0) is 16.0 Å². The van der Waals surface area contributed by atoms with Gasteiger partial charge in [-0.1, -0.05) is 31.2 Å². The quantitative estimate of drug-likeness (QED) is 0.552. The smallest absolute Gasteiger partial charge is 0.257 e. The van der Waals surface area contributed by atoms with E-state index in [4.69, 9.17) is 9.47 Å². The Hall–Kier alpha value is -3.06. The molecule has 0 aliphatic carbocycles. The van der Waals surface area contributed by atoms with Gasteiger partial charge >= 0.3 is 0 Å². The Balaban J connectivity index is 1.59. The standard InChI is InChI=1S/C26H35N3O4/c1-6-26(33-7-2,25(31)27(3)4)18-20-12-14-21(15-13-20)32-17-16-29-19-28(5)23-11-9-8-10-22(23)24(29)30/h8-15H,6-7,16-19H2,1-5H3. The minimum Gasteiger partial charge on any atom is -0.492 e. The van der Waals surface area contributed by atoms with Crippen LogP contribution in [0.4, 0.5) is 5.69 Å². The zero-order valence-corrected chi connectivity index (χ0v) is 20.3. The molecule has 7 nitrogen and oxygen atoms in total. The second-order valence-corrected chi connectivity index (χ2v) is 8.57. The molecule has 178 valence electrons.